The van der Waals surface area contributed by atoms with Gasteiger partial charge in [-0.2, -0.15) is 0 Å². The highest BCUT2D eigenvalue weighted by Crippen LogP contribution is 2.61. The van der Waals surface area contributed by atoms with E-state index in [4.69, 9.17) is 0 Å². The zero-order valence-electron chi connectivity index (χ0n) is 12.5. The molecule has 6 atom stereocenters. The third kappa shape index (κ3) is 1.70. The Kier molecular flexibility index (Phi) is 2.89. The number of carbonyl (C=O) groups is 1. The highest BCUT2D eigenvalue weighted by molar-refractivity contribution is 5.91. The third-order valence-electron chi connectivity index (χ3n) is 7.25. The fourth-order valence-corrected chi connectivity index (χ4v) is 6.15. The van der Waals surface area contributed by atoms with E-state index in [2.05, 4.69) is 6.92 Å². The second kappa shape index (κ2) is 4.43. The molecule has 0 radical (unpaired) electrons. The molecule has 0 saturated heterocycles. The van der Waals surface area contributed by atoms with E-state index < -0.39 is 0 Å². The highest BCUT2D eigenvalue weighted by Gasteiger charge is 2.55. The molecule has 0 bridgehead atoms. The van der Waals surface area contributed by atoms with Gasteiger partial charge in [0, 0.05) is 6.42 Å². The van der Waals surface area contributed by atoms with Gasteiger partial charge in [0.2, 0.25) is 0 Å². The fraction of sp³-hybridized carbons (Fsp3) is 0.833. The second-order valence-electron chi connectivity index (χ2n) is 7.94. The van der Waals surface area contributed by atoms with E-state index in [1.165, 1.54) is 31.3 Å². The molecule has 0 aliphatic heterocycles. The van der Waals surface area contributed by atoms with Crippen LogP contribution in [0.4, 0.5) is 0 Å². The number of aliphatic hydroxyl groups excluding tert-OH is 1. The number of hydrogen-bond acceptors (Lipinski definition) is 2. The van der Waals surface area contributed by atoms with Crippen molar-refractivity contribution in [1.82, 2.24) is 0 Å². The molecule has 0 heterocycles. The molecule has 0 amide bonds. The van der Waals surface area contributed by atoms with Gasteiger partial charge in [-0.05, 0) is 80.1 Å². The second-order valence-corrected chi connectivity index (χ2v) is 7.94. The van der Waals surface area contributed by atoms with Gasteiger partial charge < -0.3 is 5.11 Å². The van der Waals surface area contributed by atoms with E-state index >= 15 is 0 Å². The Bertz CT molecular complexity index is 466. The van der Waals surface area contributed by atoms with Crippen LogP contribution in [0.25, 0.3) is 0 Å². The lowest BCUT2D eigenvalue weighted by molar-refractivity contribution is -0.116. The number of allylic oxidation sites excluding steroid dienone is 1. The molecule has 4 aliphatic rings. The maximum Gasteiger partial charge on any atom is 0.155 e. The first-order chi connectivity index (χ1) is 9.59. The van der Waals surface area contributed by atoms with Crippen molar-refractivity contribution in [2.45, 2.75) is 64.4 Å². The minimum absolute atomic E-state index is 0.0710. The van der Waals surface area contributed by atoms with Gasteiger partial charge in [-0.15, -0.1) is 0 Å². The molecule has 0 aromatic carbocycles. The molecule has 1 N–H and O–H groups in total. The summed E-state index contributed by atoms with van der Waals surface area (Å²) < 4.78 is 0. The Balaban J connectivity index is 1.63. The van der Waals surface area contributed by atoms with Gasteiger partial charge in [0.1, 0.15) is 0 Å². The monoisotopic (exact) mass is 274 g/mol. The van der Waals surface area contributed by atoms with Crippen LogP contribution in [0, 0.1) is 29.1 Å². The maximum atomic E-state index is 11.6. The Morgan fingerprint density at radius 1 is 1.10 bits per heavy atom. The number of rotatable bonds is 0. The fourth-order valence-electron chi connectivity index (χ4n) is 6.15. The predicted octanol–water partition coefficient (Wildman–Crippen LogP) is 3.49. The van der Waals surface area contributed by atoms with E-state index in [9.17, 15) is 9.90 Å². The summed E-state index contributed by atoms with van der Waals surface area (Å²) in [5.41, 5.74) is 1.65. The van der Waals surface area contributed by atoms with Crippen LogP contribution in [-0.4, -0.2) is 17.0 Å². The zero-order chi connectivity index (χ0) is 13.9. The van der Waals surface area contributed by atoms with Gasteiger partial charge in [-0.1, -0.05) is 12.5 Å². The van der Waals surface area contributed by atoms with Gasteiger partial charge in [-0.3, -0.25) is 4.79 Å². The summed E-state index contributed by atoms with van der Waals surface area (Å²) in [5, 5.41) is 10.4. The standard InChI is InChI=1S/C18H26O2/c1-18-9-8-14-13-5-3-12(19)10-11(13)2-4-15(14)16(18)6-7-17(18)20/h10,13-17,20H,2-9H2,1H3/t13?,14?,15?,16?,17-,18+/m1/s1. The number of carbonyl (C=O) groups excluding carboxylic acids is 1. The average Bonchev–Trinajstić information content (AvgIpc) is 2.74. The van der Waals surface area contributed by atoms with Crippen molar-refractivity contribution < 1.29 is 9.90 Å². The van der Waals surface area contributed by atoms with Crippen LogP contribution in [0.3, 0.4) is 0 Å². The number of fused-ring (bicyclic) bond motifs is 5. The molecule has 0 aromatic heterocycles. The van der Waals surface area contributed by atoms with Crippen molar-refractivity contribution >= 4 is 5.78 Å². The van der Waals surface area contributed by atoms with Crippen LogP contribution >= 0.6 is 0 Å². The Labute approximate surface area is 121 Å². The largest absolute Gasteiger partial charge is 0.393 e. The molecule has 0 spiro atoms. The smallest absolute Gasteiger partial charge is 0.155 e. The van der Waals surface area contributed by atoms with Crippen molar-refractivity contribution in [2.24, 2.45) is 29.1 Å². The summed E-state index contributed by atoms with van der Waals surface area (Å²) in [6.45, 7) is 2.33. The van der Waals surface area contributed by atoms with Crippen molar-refractivity contribution in [3.05, 3.63) is 11.6 Å². The Morgan fingerprint density at radius 3 is 2.80 bits per heavy atom. The van der Waals surface area contributed by atoms with Crippen LogP contribution < -0.4 is 0 Å². The minimum atomic E-state index is -0.0710. The Morgan fingerprint density at radius 2 is 1.95 bits per heavy atom. The van der Waals surface area contributed by atoms with E-state index in [1.807, 2.05) is 6.08 Å². The lowest BCUT2D eigenvalue weighted by Crippen LogP contribution is -2.47. The van der Waals surface area contributed by atoms with Gasteiger partial charge in [0.15, 0.2) is 5.78 Å². The van der Waals surface area contributed by atoms with Crippen molar-refractivity contribution in [1.29, 1.82) is 0 Å². The SMILES string of the molecule is C[C@]12CCC3C4CCC(=O)C=C4CCC3C1CC[C@H]2O. The molecule has 2 nitrogen and oxygen atoms in total. The molecular weight excluding hydrogens is 248 g/mol. The molecule has 0 aromatic rings. The summed E-state index contributed by atoms with van der Waals surface area (Å²) in [7, 11) is 0. The van der Waals surface area contributed by atoms with Crippen LogP contribution in [-0.2, 0) is 4.79 Å². The topological polar surface area (TPSA) is 37.3 Å². The van der Waals surface area contributed by atoms with Crippen LogP contribution in [0.1, 0.15) is 58.3 Å². The van der Waals surface area contributed by atoms with Crippen molar-refractivity contribution in [3.8, 4) is 0 Å². The summed E-state index contributed by atoms with van der Waals surface area (Å²) in [6, 6.07) is 0. The van der Waals surface area contributed by atoms with Crippen molar-refractivity contribution in [2.75, 3.05) is 0 Å². The summed E-state index contributed by atoms with van der Waals surface area (Å²) >= 11 is 0. The Hall–Kier alpha value is -0.630. The van der Waals surface area contributed by atoms with Crippen LogP contribution in [0.5, 0.6) is 0 Å². The number of hydrogen-bond donors (Lipinski definition) is 1. The molecule has 3 saturated carbocycles. The molecular formula is C18H26O2. The first-order valence-corrected chi connectivity index (χ1v) is 8.51. The number of aliphatic hydroxyl groups is 1. The van der Waals surface area contributed by atoms with Gasteiger partial charge in [-0.25, -0.2) is 0 Å². The van der Waals surface area contributed by atoms with Gasteiger partial charge in [0.05, 0.1) is 6.10 Å². The summed E-state index contributed by atoms with van der Waals surface area (Å²) in [5.74, 6) is 3.38. The first-order valence-electron chi connectivity index (χ1n) is 8.51. The molecule has 4 unspecified atom stereocenters. The van der Waals surface area contributed by atoms with Crippen molar-refractivity contribution in [3.63, 3.8) is 0 Å². The maximum absolute atomic E-state index is 11.6. The third-order valence-corrected chi connectivity index (χ3v) is 7.25. The highest BCUT2D eigenvalue weighted by atomic mass is 16.3. The van der Waals surface area contributed by atoms with E-state index in [0.29, 0.717) is 11.7 Å². The minimum Gasteiger partial charge on any atom is -0.393 e. The van der Waals surface area contributed by atoms with Crippen LogP contribution in [0.2, 0.25) is 0 Å². The molecule has 4 rings (SSSR count). The first kappa shape index (κ1) is 13.1. The quantitative estimate of drug-likeness (QED) is 0.734. The van der Waals surface area contributed by atoms with Gasteiger partial charge >= 0.3 is 0 Å². The van der Waals surface area contributed by atoms with E-state index in [1.54, 1.807) is 0 Å². The van der Waals surface area contributed by atoms with E-state index in [-0.39, 0.29) is 11.5 Å². The molecule has 110 valence electrons. The molecule has 4 aliphatic carbocycles. The predicted molar refractivity (Wildman–Crippen MR) is 78.1 cm³/mol. The molecule has 2 heteroatoms. The molecule has 3 fully saturated rings. The summed E-state index contributed by atoms with van der Waals surface area (Å²) in [6.07, 6.45) is 10.9. The lowest BCUT2D eigenvalue weighted by Gasteiger charge is -2.53. The number of ketones is 1. The normalized spacial score (nSPS) is 51.0. The zero-order valence-corrected chi connectivity index (χ0v) is 12.5. The lowest BCUT2D eigenvalue weighted by atomic mass is 9.52. The van der Waals surface area contributed by atoms with E-state index in [0.717, 1.165) is 43.4 Å². The molecule has 20 heavy (non-hydrogen) atoms. The van der Waals surface area contributed by atoms with Crippen LogP contribution in [0.15, 0.2) is 11.6 Å². The van der Waals surface area contributed by atoms with Gasteiger partial charge in [0.25, 0.3) is 0 Å². The summed E-state index contributed by atoms with van der Waals surface area (Å²) in [4.78, 5) is 11.6. The average molecular weight is 274 g/mol.